The predicted octanol–water partition coefficient (Wildman–Crippen LogP) is 3.95. The molecule has 0 aliphatic carbocycles. The van der Waals surface area contributed by atoms with Gasteiger partial charge in [-0.3, -0.25) is 4.98 Å². The number of aromatic nitrogens is 2. The molecule has 1 heterocycles. The molecule has 6 heteroatoms. The number of rotatable bonds is 4. The molecule has 1 aromatic heterocycles. The standard InChI is InChI=1S/C15H17ClFN3O/c1-15(2,3)20-8-10-7-19-13(9-18-10)21-12-6-4-5-11(16)14(12)17/h4-7,9,20H,8H2,1-3H3. The number of nitrogens with one attached hydrogen (secondary N) is 1. The van der Waals surface area contributed by atoms with Crippen molar-refractivity contribution in [1.29, 1.82) is 0 Å². The zero-order valence-electron chi connectivity index (χ0n) is 12.2. The zero-order valence-corrected chi connectivity index (χ0v) is 12.9. The first kappa shape index (κ1) is 15.7. The van der Waals surface area contributed by atoms with Crippen molar-refractivity contribution in [3.8, 4) is 11.6 Å². The van der Waals surface area contributed by atoms with Gasteiger partial charge in [-0.15, -0.1) is 0 Å². The van der Waals surface area contributed by atoms with Crippen molar-refractivity contribution in [2.75, 3.05) is 0 Å². The molecular weight excluding hydrogens is 293 g/mol. The molecule has 112 valence electrons. The Bertz CT molecular complexity index is 611. The molecule has 0 bridgehead atoms. The molecule has 1 N–H and O–H groups in total. The van der Waals surface area contributed by atoms with E-state index in [1.54, 1.807) is 12.3 Å². The topological polar surface area (TPSA) is 47.0 Å². The summed E-state index contributed by atoms with van der Waals surface area (Å²) in [6.45, 7) is 6.81. The van der Waals surface area contributed by atoms with Crippen LogP contribution in [-0.4, -0.2) is 15.5 Å². The zero-order chi connectivity index (χ0) is 15.5. The van der Waals surface area contributed by atoms with Crippen LogP contribution in [0.2, 0.25) is 5.02 Å². The fourth-order valence-corrected chi connectivity index (χ4v) is 1.68. The van der Waals surface area contributed by atoms with Gasteiger partial charge in [-0.25, -0.2) is 9.37 Å². The highest BCUT2D eigenvalue weighted by Gasteiger charge is 2.11. The van der Waals surface area contributed by atoms with Crippen LogP contribution >= 0.6 is 11.6 Å². The van der Waals surface area contributed by atoms with E-state index in [0.29, 0.717) is 6.54 Å². The van der Waals surface area contributed by atoms with Crippen LogP contribution in [0.25, 0.3) is 0 Å². The monoisotopic (exact) mass is 309 g/mol. The smallest absolute Gasteiger partial charge is 0.237 e. The third-order valence-corrected chi connectivity index (χ3v) is 2.90. The van der Waals surface area contributed by atoms with Gasteiger partial charge in [0.25, 0.3) is 0 Å². The van der Waals surface area contributed by atoms with Gasteiger partial charge in [-0.1, -0.05) is 17.7 Å². The first-order valence-corrected chi connectivity index (χ1v) is 6.91. The van der Waals surface area contributed by atoms with Gasteiger partial charge in [0.1, 0.15) is 0 Å². The third-order valence-electron chi connectivity index (χ3n) is 2.61. The highest BCUT2D eigenvalue weighted by Crippen LogP contribution is 2.27. The summed E-state index contributed by atoms with van der Waals surface area (Å²) in [6.07, 6.45) is 3.05. The molecule has 0 unspecified atom stereocenters. The Hall–Kier alpha value is -1.72. The van der Waals surface area contributed by atoms with Gasteiger partial charge < -0.3 is 10.1 Å². The first-order valence-electron chi connectivity index (χ1n) is 6.53. The van der Waals surface area contributed by atoms with Crippen LogP contribution in [-0.2, 0) is 6.54 Å². The maximum atomic E-state index is 13.7. The van der Waals surface area contributed by atoms with Crippen LogP contribution in [0.15, 0.2) is 30.6 Å². The minimum atomic E-state index is -0.612. The van der Waals surface area contributed by atoms with E-state index < -0.39 is 5.82 Å². The van der Waals surface area contributed by atoms with Crippen LogP contribution in [0.5, 0.6) is 11.6 Å². The highest BCUT2D eigenvalue weighted by atomic mass is 35.5. The Balaban J connectivity index is 2.04. The van der Waals surface area contributed by atoms with Crippen molar-refractivity contribution in [2.24, 2.45) is 0 Å². The lowest BCUT2D eigenvalue weighted by molar-refractivity contribution is 0.414. The predicted molar refractivity (Wildman–Crippen MR) is 80.1 cm³/mol. The van der Waals surface area contributed by atoms with Crippen molar-refractivity contribution in [3.05, 3.63) is 47.1 Å². The molecule has 0 fully saturated rings. The molecule has 0 aliphatic heterocycles. The van der Waals surface area contributed by atoms with Crippen LogP contribution < -0.4 is 10.1 Å². The minimum Gasteiger partial charge on any atom is -0.434 e. The molecule has 2 aromatic rings. The van der Waals surface area contributed by atoms with Gasteiger partial charge in [0.05, 0.1) is 23.1 Å². The normalized spacial score (nSPS) is 11.5. The van der Waals surface area contributed by atoms with Crippen molar-refractivity contribution in [1.82, 2.24) is 15.3 Å². The second kappa shape index (κ2) is 6.37. The molecule has 0 spiro atoms. The molecule has 0 amide bonds. The first-order chi connectivity index (χ1) is 9.85. The van der Waals surface area contributed by atoms with E-state index in [-0.39, 0.29) is 22.2 Å². The summed E-state index contributed by atoms with van der Waals surface area (Å²) in [5.41, 5.74) is 0.782. The Morgan fingerprint density at radius 2 is 2.00 bits per heavy atom. The number of hydrogen-bond acceptors (Lipinski definition) is 4. The maximum absolute atomic E-state index is 13.7. The molecule has 0 saturated heterocycles. The molecule has 0 atom stereocenters. The van der Waals surface area contributed by atoms with Crippen molar-refractivity contribution >= 4 is 11.6 Å². The number of hydrogen-bond donors (Lipinski definition) is 1. The molecule has 0 aliphatic rings. The molecule has 4 nitrogen and oxygen atoms in total. The summed E-state index contributed by atoms with van der Waals surface area (Å²) in [4.78, 5) is 8.34. The summed E-state index contributed by atoms with van der Waals surface area (Å²) in [7, 11) is 0. The number of ether oxygens (including phenoxy) is 1. The van der Waals surface area contributed by atoms with Crippen LogP contribution in [0, 0.1) is 5.82 Å². The van der Waals surface area contributed by atoms with E-state index in [1.807, 2.05) is 0 Å². The quantitative estimate of drug-likeness (QED) is 0.929. The molecule has 0 saturated carbocycles. The lowest BCUT2D eigenvalue weighted by Crippen LogP contribution is -2.35. The lowest BCUT2D eigenvalue weighted by Gasteiger charge is -2.19. The van der Waals surface area contributed by atoms with Gasteiger partial charge in [0.2, 0.25) is 5.88 Å². The van der Waals surface area contributed by atoms with Gasteiger partial charge >= 0.3 is 0 Å². The van der Waals surface area contributed by atoms with Gasteiger partial charge in [0, 0.05) is 12.1 Å². The average molecular weight is 310 g/mol. The Morgan fingerprint density at radius 1 is 1.24 bits per heavy atom. The largest absolute Gasteiger partial charge is 0.434 e. The summed E-state index contributed by atoms with van der Waals surface area (Å²) in [5, 5.41) is 3.31. The highest BCUT2D eigenvalue weighted by molar-refractivity contribution is 6.30. The average Bonchev–Trinajstić information content (AvgIpc) is 2.42. The summed E-state index contributed by atoms with van der Waals surface area (Å²) < 4.78 is 19.0. The fourth-order valence-electron chi connectivity index (χ4n) is 1.52. The summed E-state index contributed by atoms with van der Waals surface area (Å²) in [6, 6.07) is 4.55. The summed E-state index contributed by atoms with van der Waals surface area (Å²) in [5.74, 6) is -0.368. The molecular formula is C15H17ClFN3O. The van der Waals surface area contributed by atoms with Gasteiger partial charge in [-0.05, 0) is 32.9 Å². The van der Waals surface area contributed by atoms with Crippen LogP contribution in [0.4, 0.5) is 4.39 Å². The maximum Gasteiger partial charge on any atom is 0.237 e. The van der Waals surface area contributed by atoms with Crippen molar-refractivity contribution in [2.45, 2.75) is 32.9 Å². The van der Waals surface area contributed by atoms with Gasteiger partial charge in [-0.2, -0.15) is 0 Å². The van der Waals surface area contributed by atoms with E-state index in [0.717, 1.165) is 5.69 Å². The second-order valence-corrected chi connectivity index (χ2v) is 6.01. The van der Waals surface area contributed by atoms with E-state index in [2.05, 4.69) is 36.1 Å². The molecule has 2 rings (SSSR count). The van der Waals surface area contributed by atoms with Crippen LogP contribution in [0.3, 0.4) is 0 Å². The minimum absolute atomic E-state index is 0.000762. The van der Waals surface area contributed by atoms with E-state index in [4.69, 9.17) is 16.3 Å². The summed E-state index contributed by atoms with van der Waals surface area (Å²) >= 11 is 5.69. The Morgan fingerprint density at radius 3 is 2.62 bits per heavy atom. The lowest BCUT2D eigenvalue weighted by atomic mass is 10.1. The molecule has 21 heavy (non-hydrogen) atoms. The number of nitrogens with zero attached hydrogens (tertiary/aromatic N) is 2. The Kier molecular flexibility index (Phi) is 4.75. The number of halogens is 2. The van der Waals surface area contributed by atoms with E-state index in [1.165, 1.54) is 18.3 Å². The van der Waals surface area contributed by atoms with E-state index in [9.17, 15) is 4.39 Å². The molecule has 0 radical (unpaired) electrons. The SMILES string of the molecule is CC(C)(C)NCc1cnc(Oc2cccc(Cl)c2F)cn1. The van der Waals surface area contributed by atoms with Gasteiger partial charge in [0.15, 0.2) is 11.6 Å². The second-order valence-electron chi connectivity index (χ2n) is 5.60. The number of benzene rings is 1. The fraction of sp³-hybridized carbons (Fsp3) is 0.333. The third kappa shape index (κ3) is 4.65. The van der Waals surface area contributed by atoms with Crippen molar-refractivity contribution < 1.29 is 9.13 Å². The molecule has 1 aromatic carbocycles. The van der Waals surface area contributed by atoms with Crippen LogP contribution in [0.1, 0.15) is 26.5 Å². The van der Waals surface area contributed by atoms with E-state index >= 15 is 0 Å². The Labute approximate surface area is 128 Å². The van der Waals surface area contributed by atoms with Crippen molar-refractivity contribution in [3.63, 3.8) is 0 Å².